The van der Waals surface area contributed by atoms with Gasteiger partial charge in [-0.25, -0.2) is 28.2 Å². The predicted molar refractivity (Wildman–Crippen MR) is 119 cm³/mol. The SMILES string of the molecule is O=C1OCCC2(CCN(c3cc(-n4cc(C(F)(F)F)cn4)nc(CO)n3)CC2)N1c1ccc(F)c(F)c1. The summed E-state index contributed by atoms with van der Waals surface area (Å²) >= 11 is 0. The summed E-state index contributed by atoms with van der Waals surface area (Å²) in [4.78, 5) is 24.3. The zero-order valence-electron chi connectivity index (χ0n) is 19.3. The van der Waals surface area contributed by atoms with Crippen LogP contribution in [0.25, 0.3) is 5.82 Å². The van der Waals surface area contributed by atoms with Crippen molar-refractivity contribution in [3.8, 4) is 5.82 Å². The lowest BCUT2D eigenvalue weighted by Gasteiger charge is -2.50. The van der Waals surface area contributed by atoms with E-state index >= 15 is 0 Å². The van der Waals surface area contributed by atoms with Crippen LogP contribution in [0, 0.1) is 11.6 Å². The van der Waals surface area contributed by atoms with Crippen molar-refractivity contribution in [3.05, 3.63) is 59.7 Å². The van der Waals surface area contributed by atoms with Gasteiger partial charge in [-0.1, -0.05) is 0 Å². The molecule has 2 aromatic heterocycles. The summed E-state index contributed by atoms with van der Waals surface area (Å²) < 4.78 is 72.7. The van der Waals surface area contributed by atoms with Crippen LogP contribution in [0.15, 0.2) is 36.7 Å². The first-order chi connectivity index (χ1) is 17.6. The molecule has 0 saturated carbocycles. The van der Waals surface area contributed by atoms with E-state index in [0.717, 1.165) is 23.0 Å². The second-order valence-electron chi connectivity index (χ2n) is 8.84. The number of piperidine rings is 1. The van der Waals surface area contributed by atoms with Crippen LogP contribution < -0.4 is 9.80 Å². The molecular formula is C23H21F5N6O3. The van der Waals surface area contributed by atoms with Crippen LogP contribution in [-0.2, 0) is 17.5 Å². The van der Waals surface area contributed by atoms with Crippen molar-refractivity contribution in [1.82, 2.24) is 19.7 Å². The van der Waals surface area contributed by atoms with Gasteiger partial charge in [-0.05, 0) is 25.0 Å². The fourth-order valence-corrected chi connectivity index (χ4v) is 4.74. The van der Waals surface area contributed by atoms with E-state index in [1.165, 1.54) is 17.0 Å². The van der Waals surface area contributed by atoms with Gasteiger partial charge in [-0.15, -0.1) is 0 Å². The second-order valence-corrected chi connectivity index (χ2v) is 8.84. The van der Waals surface area contributed by atoms with Crippen LogP contribution in [0.5, 0.6) is 0 Å². The third-order valence-corrected chi connectivity index (χ3v) is 6.66. The van der Waals surface area contributed by atoms with Crippen LogP contribution in [0.3, 0.4) is 0 Å². The predicted octanol–water partition coefficient (Wildman–Crippen LogP) is 3.84. The third kappa shape index (κ3) is 4.68. The number of hydrogen-bond donors (Lipinski definition) is 1. The van der Waals surface area contributed by atoms with E-state index in [-0.39, 0.29) is 23.9 Å². The topological polar surface area (TPSA) is 96.6 Å². The Kier molecular flexibility index (Phi) is 6.22. The summed E-state index contributed by atoms with van der Waals surface area (Å²) in [6, 6.07) is 4.70. The number of carbonyl (C=O) groups excluding carboxylic acids is 1. The Morgan fingerprint density at radius 2 is 1.76 bits per heavy atom. The van der Waals surface area contributed by atoms with Crippen molar-refractivity contribution in [2.45, 2.75) is 37.6 Å². The number of aliphatic hydroxyl groups excluding tert-OH is 1. The molecule has 2 fully saturated rings. The number of carbonyl (C=O) groups is 1. The summed E-state index contributed by atoms with van der Waals surface area (Å²) in [7, 11) is 0. The number of cyclic esters (lactones) is 1. The van der Waals surface area contributed by atoms with Gasteiger partial charge < -0.3 is 14.7 Å². The highest BCUT2D eigenvalue weighted by Crippen LogP contribution is 2.40. The largest absolute Gasteiger partial charge is 0.449 e. The number of rotatable bonds is 4. The molecule has 37 heavy (non-hydrogen) atoms. The molecule has 14 heteroatoms. The highest BCUT2D eigenvalue weighted by molar-refractivity contribution is 5.90. The summed E-state index contributed by atoms with van der Waals surface area (Å²) in [6.07, 6.45) is -2.43. The Morgan fingerprint density at radius 3 is 2.41 bits per heavy atom. The quantitative estimate of drug-likeness (QED) is 0.518. The van der Waals surface area contributed by atoms with Crippen molar-refractivity contribution in [3.63, 3.8) is 0 Å². The number of benzene rings is 1. The molecule has 0 bridgehead atoms. The number of anilines is 2. The zero-order valence-corrected chi connectivity index (χ0v) is 19.3. The minimum absolute atomic E-state index is 0.00139. The monoisotopic (exact) mass is 524 g/mol. The van der Waals surface area contributed by atoms with Gasteiger partial charge in [0.2, 0.25) is 0 Å². The van der Waals surface area contributed by atoms with Gasteiger partial charge in [0, 0.05) is 37.8 Å². The molecule has 0 unspecified atom stereocenters. The molecular weight excluding hydrogens is 503 g/mol. The van der Waals surface area contributed by atoms with Crippen molar-refractivity contribution >= 4 is 17.6 Å². The molecule has 196 valence electrons. The number of alkyl halides is 3. The Balaban J connectivity index is 1.41. The van der Waals surface area contributed by atoms with E-state index in [4.69, 9.17) is 4.74 Å². The molecule has 1 amide bonds. The van der Waals surface area contributed by atoms with E-state index in [9.17, 15) is 31.9 Å². The average molecular weight is 524 g/mol. The molecule has 2 aliphatic heterocycles. The molecule has 1 spiro atoms. The Hall–Kier alpha value is -3.81. The fourth-order valence-electron chi connectivity index (χ4n) is 4.74. The lowest BCUT2D eigenvalue weighted by atomic mass is 9.81. The molecule has 5 rings (SSSR count). The van der Waals surface area contributed by atoms with Crippen LogP contribution >= 0.6 is 0 Å². The van der Waals surface area contributed by atoms with Gasteiger partial charge in [0.05, 0.1) is 29.6 Å². The van der Waals surface area contributed by atoms with Gasteiger partial charge in [-0.2, -0.15) is 18.3 Å². The number of nitrogens with zero attached hydrogens (tertiary/aromatic N) is 6. The molecule has 4 heterocycles. The molecule has 0 radical (unpaired) electrons. The molecule has 2 aliphatic rings. The molecule has 0 aliphatic carbocycles. The Labute approximate surface area is 207 Å². The minimum atomic E-state index is -4.57. The first kappa shape index (κ1) is 24.9. The van der Waals surface area contributed by atoms with Crippen molar-refractivity contribution in [2.75, 3.05) is 29.5 Å². The third-order valence-electron chi connectivity index (χ3n) is 6.66. The molecule has 9 nitrogen and oxygen atoms in total. The summed E-state index contributed by atoms with van der Waals surface area (Å²) in [6.45, 7) is 0.386. The maximum Gasteiger partial charge on any atom is 0.419 e. The van der Waals surface area contributed by atoms with E-state index in [1.807, 2.05) is 4.90 Å². The van der Waals surface area contributed by atoms with E-state index in [2.05, 4.69) is 15.1 Å². The van der Waals surface area contributed by atoms with Crippen LogP contribution in [0.4, 0.5) is 38.3 Å². The minimum Gasteiger partial charge on any atom is -0.449 e. The van der Waals surface area contributed by atoms with Crippen LogP contribution in [-0.4, -0.2) is 56.2 Å². The zero-order chi connectivity index (χ0) is 26.4. The number of aliphatic hydroxyl groups is 1. The van der Waals surface area contributed by atoms with Gasteiger partial charge in [0.25, 0.3) is 0 Å². The van der Waals surface area contributed by atoms with Gasteiger partial charge in [0.15, 0.2) is 23.3 Å². The first-order valence-electron chi connectivity index (χ1n) is 11.4. The molecule has 0 atom stereocenters. The van der Waals surface area contributed by atoms with Gasteiger partial charge >= 0.3 is 12.3 Å². The van der Waals surface area contributed by atoms with Crippen molar-refractivity contribution < 1.29 is 36.6 Å². The lowest BCUT2D eigenvalue weighted by molar-refractivity contribution is -0.137. The van der Waals surface area contributed by atoms with E-state index in [1.54, 1.807) is 0 Å². The lowest BCUT2D eigenvalue weighted by Crippen LogP contribution is -2.61. The van der Waals surface area contributed by atoms with Crippen LogP contribution in [0.1, 0.15) is 30.7 Å². The summed E-state index contributed by atoms with van der Waals surface area (Å²) in [5.74, 6) is -1.70. The Bertz CT molecular complexity index is 1320. The molecule has 1 N–H and O–H groups in total. The number of amides is 1. The maximum absolute atomic E-state index is 14.0. The first-order valence-corrected chi connectivity index (χ1v) is 11.4. The van der Waals surface area contributed by atoms with Crippen LogP contribution in [0.2, 0.25) is 0 Å². The summed E-state index contributed by atoms with van der Waals surface area (Å²) in [5, 5.41) is 13.4. The molecule has 3 aromatic rings. The fraction of sp³-hybridized carbons (Fsp3) is 0.391. The maximum atomic E-state index is 14.0. The summed E-state index contributed by atoms with van der Waals surface area (Å²) in [5.41, 5.74) is -1.47. The highest BCUT2D eigenvalue weighted by atomic mass is 19.4. The molecule has 1 aromatic carbocycles. The van der Waals surface area contributed by atoms with E-state index in [0.29, 0.717) is 44.4 Å². The number of hydrogen-bond acceptors (Lipinski definition) is 7. The Morgan fingerprint density at radius 1 is 1.03 bits per heavy atom. The van der Waals surface area contributed by atoms with Crippen molar-refractivity contribution in [2.24, 2.45) is 0 Å². The molecule has 2 saturated heterocycles. The van der Waals surface area contributed by atoms with E-state index < -0.39 is 41.6 Å². The smallest absolute Gasteiger partial charge is 0.419 e. The average Bonchev–Trinajstić information content (AvgIpc) is 3.38. The highest BCUT2D eigenvalue weighted by Gasteiger charge is 2.47. The second kappa shape index (κ2) is 9.25. The van der Waals surface area contributed by atoms with Gasteiger partial charge in [0.1, 0.15) is 12.4 Å². The number of ether oxygens (including phenoxy) is 1. The van der Waals surface area contributed by atoms with Crippen molar-refractivity contribution in [1.29, 1.82) is 0 Å². The normalized spacial score (nSPS) is 17.8. The standard InChI is InChI=1S/C23H21F5N6O3/c24-16-2-1-15(9-17(16)25)34-21(36)37-8-5-22(34)3-6-32(7-4-22)19-10-20(31-18(13-35)30-19)33-12-14(11-29-33)23(26,27)28/h1-2,9-12,35H,3-8,13H2. The number of halogens is 5. The van der Waals surface area contributed by atoms with Gasteiger partial charge in [-0.3, -0.25) is 4.90 Å². The number of aromatic nitrogens is 4.